The second kappa shape index (κ2) is 4.53. The summed E-state index contributed by atoms with van der Waals surface area (Å²) in [5, 5.41) is 0. The molecule has 18 heavy (non-hydrogen) atoms. The zero-order valence-electron chi connectivity index (χ0n) is 10.2. The van der Waals surface area contributed by atoms with Crippen LogP contribution in [0.4, 0.5) is 0 Å². The summed E-state index contributed by atoms with van der Waals surface area (Å²) >= 11 is 0. The van der Waals surface area contributed by atoms with Gasteiger partial charge >= 0.3 is 0 Å². The molecule has 0 spiro atoms. The smallest absolute Gasteiger partial charge is 0.227 e. The predicted molar refractivity (Wildman–Crippen MR) is 70.2 cm³/mol. The third-order valence-corrected chi connectivity index (χ3v) is 2.83. The quantitative estimate of drug-likeness (QED) is 0.699. The van der Waals surface area contributed by atoms with Crippen LogP contribution in [0.3, 0.4) is 0 Å². The van der Waals surface area contributed by atoms with Crippen molar-refractivity contribution in [1.82, 2.24) is 9.55 Å². The lowest BCUT2D eigenvalue weighted by Gasteiger charge is -2.01. The Labute approximate surface area is 106 Å². The van der Waals surface area contributed by atoms with Crippen LogP contribution in [0.5, 0.6) is 0 Å². The third-order valence-electron chi connectivity index (χ3n) is 2.83. The number of aromatic nitrogens is 2. The Kier molecular flexibility index (Phi) is 2.73. The molecule has 3 nitrogen and oxygen atoms in total. The van der Waals surface area contributed by atoms with E-state index >= 15 is 0 Å². The Morgan fingerprint density at radius 2 is 2.00 bits per heavy atom. The van der Waals surface area contributed by atoms with Crippen LogP contribution in [-0.2, 0) is 6.54 Å². The summed E-state index contributed by atoms with van der Waals surface area (Å²) in [5.41, 5.74) is 2.29. The summed E-state index contributed by atoms with van der Waals surface area (Å²) in [5.74, 6) is 1.51. The highest BCUT2D eigenvalue weighted by Gasteiger charge is 2.06. The van der Waals surface area contributed by atoms with E-state index in [-0.39, 0.29) is 0 Å². The van der Waals surface area contributed by atoms with E-state index in [4.69, 9.17) is 4.42 Å². The first-order valence-corrected chi connectivity index (χ1v) is 5.94. The van der Waals surface area contributed by atoms with Crippen LogP contribution >= 0.6 is 0 Å². The van der Waals surface area contributed by atoms with Gasteiger partial charge in [-0.2, -0.15) is 0 Å². The number of hydrogen-bond donors (Lipinski definition) is 0. The van der Waals surface area contributed by atoms with E-state index in [0.29, 0.717) is 5.89 Å². The van der Waals surface area contributed by atoms with Gasteiger partial charge in [-0.3, -0.25) is 0 Å². The van der Waals surface area contributed by atoms with Crippen LogP contribution < -0.4 is 0 Å². The molecule has 3 heteroatoms. The van der Waals surface area contributed by atoms with Gasteiger partial charge in [-0.05, 0) is 18.6 Å². The molecule has 3 aromatic rings. The van der Waals surface area contributed by atoms with Gasteiger partial charge in [0.05, 0.1) is 11.8 Å². The van der Waals surface area contributed by atoms with Crippen LogP contribution in [0.25, 0.3) is 11.5 Å². The largest absolute Gasteiger partial charge is 0.441 e. The van der Waals surface area contributed by atoms with Gasteiger partial charge < -0.3 is 8.98 Å². The molecule has 0 saturated heterocycles. The SMILES string of the molecule is Cc1cnc(-c2ccn(Cc3ccccc3)c2)o1. The molecular weight excluding hydrogens is 224 g/mol. The van der Waals surface area contributed by atoms with Gasteiger partial charge in [-0.1, -0.05) is 30.3 Å². The zero-order chi connectivity index (χ0) is 12.4. The fourth-order valence-corrected chi connectivity index (χ4v) is 1.95. The molecule has 0 bridgehead atoms. The van der Waals surface area contributed by atoms with Crippen molar-refractivity contribution in [2.24, 2.45) is 0 Å². The maximum Gasteiger partial charge on any atom is 0.227 e. The summed E-state index contributed by atoms with van der Waals surface area (Å²) in [7, 11) is 0. The molecule has 0 saturated carbocycles. The molecular formula is C15H14N2O. The van der Waals surface area contributed by atoms with Crippen LogP contribution in [0, 0.1) is 6.92 Å². The summed E-state index contributed by atoms with van der Waals surface area (Å²) in [6, 6.07) is 12.4. The normalized spacial score (nSPS) is 10.7. The topological polar surface area (TPSA) is 31.0 Å². The molecule has 2 aromatic heterocycles. The van der Waals surface area contributed by atoms with Crippen molar-refractivity contribution >= 4 is 0 Å². The van der Waals surface area contributed by atoms with Gasteiger partial charge in [0.2, 0.25) is 5.89 Å². The molecule has 90 valence electrons. The molecule has 0 amide bonds. The maximum atomic E-state index is 5.51. The van der Waals surface area contributed by atoms with E-state index in [9.17, 15) is 0 Å². The van der Waals surface area contributed by atoms with Crippen LogP contribution in [0.1, 0.15) is 11.3 Å². The van der Waals surface area contributed by atoms with E-state index in [0.717, 1.165) is 17.9 Å². The highest BCUT2D eigenvalue weighted by Crippen LogP contribution is 2.19. The number of aryl methyl sites for hydroxylation is 1. The fourth-order valence-electron chi connectivity index (χ4n) is 1.95. The molecule has 0 aliphatic rings. The third kappa shape index (κ3) is 2.20. The average molecular weight is 238 g/mol. The van der Waals surface area contributed by atoms with Crippen molar-refractivity contribution in [2.75, 3.05) is 0 Å². The lowest BCUT2D eigenvalue weighted by Crippen LogP contribution is -1.95. The van der Waals surface area contributed by atoms with Crippen molar-refractivity contribution < 1.29 is 4.42 Å². The van der Waals surface area contributed by atoms with Gasteiger partial charge in [0.25, 0.3) is 0 Å². The van der Waals surface area contributed by atoms with Gasteiger partial charge in [0, 0.05) is 18.9 Å². The molecule has 2 heterocycles. The number of hydrogen-bond acceptors (Lipinski definition) is 2. The highest BCUT2D eigenvalue weighted by atomic mass is 16.4. The minimum atomic E-state index is 0.680. The Morgan fingerprint density at radius 1 is 1.17 bits per heavy atom. The van der Waals surface area contributed by atoms with Crippen molar-refractivity contribution in [1.29, 1.82) is 0 Å². The van der Waals surface area contributed by atoms with Gasteiger partial charge in [-0.25, -0.2) is 4.98 Å². The average Bonchev–Trinajstić information content (AvgIpc) is 2.99. The Balaban J connectivity index is 1.82. The maximum absolute atomic E-state index is 5.51. The first-order valence-electron chi connectivity index (χ1n) is 5.94. The molecule has 0 aliphatic carbocycles. The number of oxazole rings is 1. The van der Waals surface area contributed by atoms with E-state index in [1.54, 1.807) is 6.20 Å². The Bertz CT molecular complexity index is 637. The number of benzene rings is 1. The van der Waals surface area contributed by atoms with E-state index in [1.165, 1.54) is 5.56 Å². The standard InChI is InChI=1S/C15H14N2O/c1-12-9-16-15(18-12)14-7-8-17(11-14)10-13-5-3-2-4-6-13/h2-9,11H,10H2,1H3. The molecule has 0 N–H and O–H groups in total. The lowest BCUT2D eigenvalue weighted by atomic mass is 10.2. The van der Waals surface area contributed by atoms with Crippen LogP contribution in [0.2, 0.25) is 0 Å². The fraction of sp³-hybridized carbons (Fsp3) is 0.133. The highest BCUT2D eigenvalue weighted by molar-refractivity contribution is 5.51. The summed E-state index contributed by atoms with van der Waals surface area (Å²) in [4.78, 5) is 4.23. The molecule has 0 unspecified atom stereocenters. The molecule has 0 fully saturated rings. The summed E-state index contributed by atoms with van der Waals surface area (Å²) < 4.78 is 7.64. The lowest BCUT2D eigenvalue weighted by molar-refractivity contribution is 0.542. The summed E-state index contributed by atoms with van der Waals surface area (Å²) in [6.45, 7) is 2.76. The molecule has 1 aromatic carbocycles. The van der Waals surface area contributed by atoms with Crippen molar-refractivity contribution in [3.63, 3.8) is 0 Å². The van der Waals surface area contributed by atoms with E-state index in [2.05, 4.69) is 40.0 Å². The first kappa shape index (κ1) is 10.8. The minimum absolute atomic E-state index is 0.680. The second-order valence-electron chi connectivity index (χ2n) is 4.33. The predicted octanol–water partition coefficient (Wildman–Crippen LogP) is 3.50. The minimum Gasteiger partial charge on any atom is -0.441 e. The second-order valence-corrected chi connectivity index (χ2v) is 4.33. The first-order chi connectivity index (χ1) is 8.81. The van der Waals surface area contributed by atoms with E-state index in [1.807, 2.05) is 25.3 Å². The van der Waals surface area contributed by atoms with Crippen LogP contribution in [-0.4, -0.2) is 9.55 Å². The summed E-state index contributed by atoms with van der Waals surface area (Å²) in [6.07, 6.45) is 5.84. The van der Waals surface area contributed by atoms with Gasteiger partial charge in [-0.15, -0.1) is 0 Å². The van der Waals surface area contributed by atoms with Gasteiger partial charge in [0.15, 0.2) is 0 Å². The monoisotopic (exact) mass is 238 g/mol. The molecule has 3 rings (SSSR count). The molecule has 0 atom stereocenters. The zero-order valence-corrected chi connectivity index (χ0v) is 10.2. The number of rotatable bonds is 3. The van der Waals surface area contributed by atoms with E-state index < -0.39 is 0 Å². The molecule has 0 radical (unpaired) electrons. The van der Waals surface area contributed by atoms with Crippen molar-refractivity contribution in [3.05, 3.63) is 66.3 Å². The van der Waals surface area contributed by atoms with Crippen molar-refractivity contribution in [3.8, 4) is 11.5 Å². The molecule has 0 aliphatic heterocycles. The number of nitrogens with zero attached hydrogens (tertiary/aromatic N) is 2. The Hall–Kier alpha value is -2.29. The van der Waals surface area contributed by atoms with Gasteiger partial charge in [0.1, 0.15) is 5.76 Å². The van der Waals surface area contributed by atoms with Crippen molar-refractivity contribution in [2.45, 2.75) is 13.5 Å². The Morgan fingerprint density at radius 3 is 2.72 bits per heavy atom. The van der Waals surface area contributed by atoms with Crippen LogP contribution in [0.15, 0.2) is 59.4 Å².